The smallest absolute Gasteiger partial charge is 0.341 e. The van der Waals surface area contributed by atoms with Crippen molar-refractivity contribution < 1.29 is 23.5 Å². The van der Waals surface area contributed by atoms with Crippen LogP contribution in [0.1, 0.15) is 11.6 Å². The summed E-state index contributed by atoms with van der Waals surface area (Å²) < 4.78 is 25.9. The van der Waals surface area contributed by atoms with E-state index in [1.807, 2.05) is 0 Å². The quantitative estimate of drug-likeness (QED) is 0.839. The molecule has 0 fully saturated rings. The van der Waals surface area contributed by atoms with Crippen molar-refractivity contribution in [2.75, 3.05) is 0 Å². The number of hydrogen-bond acceptors (Lipinski definition) is 2. The van der Waals surface area contributed by atoms with Crippen molar-refractivity contribution in [2.24, 2.45) is 10.9 Å². The molecule has 0 aromatic heterocycles. The molecule has 2 atom stereocenters. The SMILES string of the molecule is O=C1N=CC(C(=O)O)C(c2ccc(F)c(F)c2)N1. The van der Waals surface area contributed by atoms with Crippen molar-refractivity contribution in [3.63, 3.8) is 0 Å². The van der Waals surface area contributed by atoms with E-state index >= 15 is 0 Å². The fraction of sp³-hybridized carbons (Fsp3) is 0.182. The predicted octanol–water partition coefficient (Wildman–Crippen LogP) is 1.50. The number of benzene rings is 1. The van der Waals surface area contributed by atoms with Gasteiger partial charge in [0.15, 0.2) is 11.6 Å². The molecule has 5 nitrogen and oxygen atoms in total. The molecule has 2 N–H and O–H groups in total. The van der Waals surface area contributed by atoms with E-state index in [1.165, 1.54) is 6.07 Å². The Morgan fingerprint density at radius 2 is 2.06 bits per heavy atom. The molecular weight excluding hydrogens is 246 g/mol. The minimum atomic E-state index is -1.21. The summed E-state index contributed by atoms with van der Waals surface area (Å²) in [5.74, 6) is -4.48. The number of urea groups is 1. The van der Waals surface area contributed by atoms with E-state index in [0.29, 0.717) is 0 Å². The van der Waals surface area contributed by atoms with Crippen molar-refractivity contribution in [1.29, 1.82) is 0 Å². The van der Waals surface area contributed by atoms with Crippen LogP contribution in [0.15, 0.2) is 23.2 Å². The van der Waals surface area contributed by atoms with E-state index in [2.05, 4.69) is 10.3 Å². The summed E-state index contributed by atoms with van der Waals surface area (Å²) in [6.07, 6.45) is 0.979. The Labute approximate surface area is 100 Å². The van der Waals surface area contributed by atoms with Gasteiger partial charge >= 0.3 is 12.0 Å². The van der Waals surface area contributed by atoms with Crippen LogP contribution in [-0.4, -0.2) is 23.3 Å². The number of aliphatic imine (C=N–C) groups is 1. The van der Waals surface area contributed by atoms with Gasteiger partial charge in [-0.15, -0.1) is 0 Å². The molecule has 2 rings (SSSR count). The second-order valence-corrected chi connectivity index (χ2v) is 3.74. The second-order valence-electron chi connectivity index (χ2n) is 3.74. The van der Waals surface area contributed by atoms with Gasteiger partial charge in [-0.1, -0.05) is 6.07 Å². The molecule has 0 spiro atoms. The number of carbonyl (C=O) groups is 2. The van der Waals surface area contributed by atoms with Crippen molar-refractivity contribution in [2.45, 2.75) is 6.04 Å². The number of amides is 2. The lowest BCUT2D eigenvalue weighted by Gasteiger charge is -2.25. The third kappa shape index (κ3) is 2.20. The minimum absolute atomic E-state index is 0.167. The monoisotopic (exact) mass is 254 g/mol. The van der Waals surface area contributed by atoms with E-state index in [-0.39, 0.29) is 5.56 Å². The molecule has 7 heteroatoms. The number of aliphatic carboxylic acids is 1. The van der Waals surface area contributed by atoms with Gasteiger partial charge in [0.1, 0.15) is 5.92 Å². The summed E-state index contributed by atoms with van der Waals surface area (Å²) in [6.45, 7) is 0. The maximum atomic E-state index is 13.1. The van der Waals surface area contributed by atoms with E-state index < -0.39 is 35.6 Å². The maximum Gasteiger partial charge on any atom is 0.341 e. The molecule has 1 aromatic rings. The minimum Gasteiger partial charge on any atom is -0.481 e. The Kier molecular flexibility index (Phi) is 3.05. The molecule has 0 bridgehead atoms. The lowest BCUT2D eigenvalue weighted by atomic mass is 9.93. The van der Waals surface area contributed by atoms with Gasteiger partial charge in [-0.2, -0.15) is 0 Å². The average molecular weight is 254 g/mol. The van der Waals surface area contributed by atoms with Gasteiger partial charge in [-0.25, -0.2) is 18.6 Å². The van der Waals surface area contributed by atoms with Crippen LogP contribution in [0.4, 0.5) is 13.6 Å². The highest BCUT2D eigenvalue weighted by Crippen LogP contribution is 2.25. The highest BCUT2D eigenvalue weighted by Gasteiger charge is 2.33. The highest BCUT2D eigenvalue weighted by molar-refractivity contribution is 5.97. The Hall–Kier alpha value is -2.31. The third-order valence-electron chi connectivity index (χ3n) is 2.58. The number of nitrogens with zero attached hydrogens (tertiary/aromatic N) is 1. The first-order chi connectivity index (χ1) is 8.49. The number of carboxylic acids is 1. The van der Waals surface area contributed by atoms with Gasteiger partial charge in [0.25, 0.3) is 0 Å². The van der Waals surface area contributed by atoms with Crippen LogP contribution in [-0.2, 0) is 4.79 Å². The van der Waals surface area contributed by atoms with E-state index in [0.717, 1.165) is 18.3 Å². The van der Waals surface area contributed by atoms with Gasteiger partial charge in [0.05, 0.1) is 6.04 Å². The molecule has 0 radical (unpaired) electrons. The van der Waals surface area contributed by atoms with Crippen LogP contribution < -0.4 is 5.32 Å². The number of hydrogen-bond donors (Lipinski definition) is 2. The summed E-state index contributed by atoms with van der Waals surface area (Å²) in [6, 6.07) is 1.26. The van der Waals surface area contributed by atoms with Gasteiger partial charge < -0.3 is 10.4 Å². The van der Waals surface area contributed by atoms with E-state index in [1.54, 1.807) is 0 Å². The standard InChI is InChI=1S/C11H8F2N2O3/c12-7-2-1-5(3-8(7)13)9-6(10(16)17)4-14-11(18)15-9/h1-4,6,9H,(H,15,18)(H,16,17). The number of carbonyl (C=O) groups excluding carboxylic acids is 1. The third-order valence-corrected chi connectivity index (χ3v) is 2.58. The van der Waals surface area contributed by atoms with Gasteiger partial charge in [0, 0.05) is 6.21 Å². The zero-order valence-electron chi connectivity index (χ0n) is 8.93. The second kappa shape index (κ2) is 4.52. The van der Waals surface area contributed by atoms with Crippen LogP contribution in [0.3, 0.4) is 0 Å². The molecular formula is C11H8F2N2O3. The molecule has 2 unspecified atom stereocenters. The predicted molar refractivity (Wildman–Crippen MR) is 57.2 cm³/mol. The summed E-state index contributed by atoms with van der Waals surface area (Å²) in [4.78, 5) is 25.4. The first kappa shape index (κ1) is 12.2. The summed E-state index contributed by atoms with van der Waals surface area (Å²) in [5.41, 5.74) is 0.167. The lowest BCUT2D eigenvalue weighted by molar-refractivity contribution is -0.140. The summed E-state index contributed by atoms with van der Waals surface area (Å²) >= 11 is 0. The first-order valence-electron chi connectivity index (χ1n) is 5.01. The zero-order chi connectivity index (χ0) is 13.3. The Balaban J connectivity index is 2.40. The van der Waals surface area contributed by atoms with Crippen molar-refractivity contribution >= 4 is 18.2 Å². The molecule has 1 aliphatic heterocycles. The van der Waals surface area contributed by atoms with Crippen molar-refractivity contribution in [1.82, 2.24) is 5.32 Å². The van der Waals surface area contributed by atoms with Gasteiger partial charge in [-0.05, 0) is 17.7 Å². The topological polar surface area (TPSA) is 78.8 Å². The molecule has 1 aliphatic rings. The number of carboxylic acid groups (broad SMARTS) is 1. The van der Waals surface area contributed by atoms with Crippen LogP contribution in [0, 0.1) is 17.6 Å². The van der Waals surface area contributed by atoms with Crippen molar-refractivity contribution in [3.8, 4) is 0 Å². The first-order valence-corrected chi connectivity index (χ1v) is 5.01. The van der Waals surface area contributed by atoms with Gasteiger partial charge in [-0.3, -0.25) is 4.79 Å². The van der Waals surface area contributed by atoms with Crippen molar-refractivity contribution in [3.05, 3.63) is 35.4 Å². The number of nitrogens with one attached hydrogen (secondary N) is 1. The molecule has 0 saturated heterocycles. The molecule has 1 aromatic carbocycles. The van der Waals surface area contributed by atoms with Gasteiger partial charge in [0.2, 0.25) is 0 Å². The number of halogens is 2. The molecule has 94 valence electrons. The maximum absolute atomic E-state index is 13.1. The number of rotatable bonds is 2. The highest BCUT2D eigenvalue weighted by atomic mass is 19.2. The molecule has 1 heterocycles. The average Bonchev–Trinajstić information content (AvgIpc) is 2.32. The summed E-state index contributed by atoms with van der Waals surface area (Å²) in [5, 5.41) is 11.3. The molecule has 0 saturated carbocycles. The fourth-order valence-corrected chi connectivity index (χ4v) is 1.70. The van der Waals surface area contributed by atoms with Crippen LogP contribution in [0.2, 0.25) is 0 Å². The Morgan fingerprint density at radius 3 is 2.67 bits per heavy atom. The normalized spacial score (nSPS) is 22.7. The van der Waals surface area contributed by atoms with E-state index in [9.17, 15) is 18.4 Å². The van der Waals surface area contributed by atoms with Crippen LogP contribution in [0.25, 0.3) is 0 Å². The van der Waals surface area contributed by atoms with Crippen LogP contribution in [0.5, 0.6) is 0 Å². The largest absolute Gasteiger partial charge is 0.481 e. The molecule has 2 amide bonds. The van der Waals surface area contributed by atoms with E-state index in [4.69, 9.17) is 5.11 Å². The molecule has 0 aliphatic carbocycles. The van der Waals surface area contributed by atoms with Crippen LogP contribution >= 0.6 is 0 Å². The lowest BCUT2D eigenvalue weighted by Crippen LogP contribution is -2.40. The Bertz CT molecular complexity index is 545. The Morgan fingerprint density at radius 1 is 1.33 bits per heavy atom. The fourth-order valence-electron chi connectivity index (χ4n) is 1.70. The summed E-state index contributed by atoms with van der Waals surface area (Å²) in [7, 11) is 0. The zero-order valence-corrected chi connectivity index (χ0v) is 8.93. The molecule has 18 heavy (non-hydrogen) atoms.